The molecular weight excluding hydrogens is 869 g/mol. The summed E-state index contributed by atoms with van der Waals surface area (Å²) in [6, 6.07) is 31.0. The monoisotopic (exact) mass is 967 g/mol. The first-order valence-corrected chi connectivity index (χ1v) is 29.2. The molecule has 4 aromatic carbocycles. The Bertz CT molecular complexity index is 2040. The van der Waals surface area contributed by atoms with Gasteiger partial charge < -0.3 is 18.9 Å². The van der Waals surface area contributed by atoms with Crippen LogP contribution in [0.3, 0.4) is 0 Å². The SMILES string of the molecule is CCCCCCCCCC1CCC(c2ccc(C#Cc3ccc(OCCCCCCC)cc3)cc2)CC1.CCCCCOc1ccc(Cc2ccc(C3CCC(OCCCCOC)CC3)cc2C)c(C)c1. The minimum absolute atomic E-state index is 0.445. The highest BCUT2D eigenvalue weighted by Crippen LogP contribution is 2.38. The van der Waals surface area contributed by atoms with E-state index >= 15 is 0 Å². The summed E-state index contributed by atoms with van der Waals surface area (Å²) in [6.07, 6.45) is 35.4. The molecular formula is C67H98O4. The van der Waals surface area contributed by atoms with Crippen molar-refractivity contribution in [2.75, 3.05) is 33.5 Å². The molecule has 390 valence electrons. The summed E-state index contributed by atoms with van der Waals surface area (Å²) in [4.78, 5) is 0. The van der Waals surface area contributed by atoms with Gasteiger partial charge in [-0.05, 0) is 197 Å². The average molecular weight is 968 g/mol. The molecule has 2 aliphatic carbocycles. The first kappa shape index (κ1) is 57.9. The van der Waals surface area contributed by atoms with Crippen LogP contribution in [0.2, 0.25) is 0 Å². The molecule has 2 fully saturated rings. The standard InChI is InChI=1S/C36H52O.C31H46O3/c1-3-5-7-9-10-11-13-15-31-18-24-34(25-19-31)35-26-20-32(21-27-35)16-17-33-22-28-36(29-23-33)37-30-14-12-8-6-4-2;1-5-6-7-19-34-31-17-14-28(25(3)22-31)23-27-10-11-29(21-24(27)2)26-12-15-30(16-13-26)33-20-9-8-18-32-4/h20-23,26-29,31,34H,3-15,18-19,24-25,30H2,1-2H3;10-11,14,17,21-22,26,30H,5-9,12-13,15-16,18-20,23H2,1-4H3. The highest BCUT2D eigenvalue weighted by Gasteiger charge is 2.24. The van der Waals surface area contributed by atoms with E-state index < -0.39 is 0 Å². The Morgan fingerprint density at radius 1 is 0.437 bits per heavy atom. The second-order valence-electron chi connectivity index (χ2n) is 21.3. The van der Waals surface area contributed by atoms with Crippen LogP contribution in [0.5, 0.6) is 11.5 Å². The fourth-order valence-electron chi connectivity index (χ4n) is 10.7. The lowest BCUT2D eigenvalue weighted by molar-refractivity contribution is 0.0205. The van der Waals surface area contributed by atoms with E-state index in [1.165, 1.54) is 175 Å². The zero-order chi connectivity index (χ0) is 50.1. The molecule has 0 amide bonds. The maximum atomic E-state index is 6.11. The Kier molecular flexibility index (Phi) is 28.7. The molecule has 71 heavy (non-hydrogen) atoms. The molecule has 4 heteroatoms. The minimum Gasteiger partial charge on any atom is -0.494 e. The van der Waals surface area contributed by atoms with Gasteiger partial charge in [-0.2, -0.15) is 0 Å². The summed E-state index contributed by atoms with van der Waals surface area (Å²) in [6.45, 7) is 14.6. The van der Waals surface area contributed by atoms with Crippen molar-refractivity contribution in [1.29, 1.82) is 0 Å². The van der Waals surface area contributed by atoms with Crippen molar-refractivity contribution in [3.05, 3.63) is 129 Å². The Labute approximate surface area is 435 Å². The van der Waals surface area contributed by atoms with Crippen molar-refractivity contribution in [2.45, 2.75) is 226 Å². The van der Waals surface area contributed by atoms with Gasteiger partial charge in [-0.1, -0.05) is 159 Å². The Morgan fingerprint density at radius 2 is 0.901 bits per heavy atom. The van der Waals surface area contributed by atoms with Gasteiger partial charge >= 0.3 is 0 Å². The van der Waals surface area contributed by atoms with Crippen LogP contribution >= 0.6 is 0 Å². The normalized spacial score (nSPS) is 17.7. The Balaban J connectivity index is 0.000000265. The summed E-state index contributed by atoms with van der Waals surface area (Å²) in [7, 11) is 1.76. The number of rotatable bonds is 30. The van der Waals surface area contributed by atoms with Gasteiger partial charge in [-0.3, -0.25) is 0 Å². The van der Waals surface area contributed by atoms with E-state index in [-0.39, 0.29) is 0 Å². The quantitative estimate of drug-likeness (QED) is 0.0385. The van der Waals surface area contributed by atoms with Crippen LogP contribution in [-0.2, 0) is 15.9 Å². The zero-order valence-electron chi connectivity index (χ0n) is 45.9. The molecule has 0 bridgehead atoms. The molecule has 0 atom stereocenters. The first-order valence-electron chi connectivity index (χ1n) is 29.2. The second kappa shape index (κ2) is 35.2. The highest BCUT2D eigenvalue weighted by atomic mass is 16.5. The van der Waals surface area contributed by atoms with Gasteiger partial charge in [0.1, 0.15) is 11.5 Å². The van der Waals surface area contributed by atoms with Gasteiger partial charge in [0.05, 0.1) is 19.3 Å². The Hall–Kier alpha value is -4.04. The predicted molar refractivity (Wildman–Crippen MR) is 303 cm³/mol. The van der Waals surface area contributed by atoms with Crippen molar-refractivity contribution in [3.8, 4) is 23.3 Å². The third-order valence-corrected chi connectivity index (χ3v) is 15.5. The molecule has 4 nitrogen and oxygen atoms in total. The largest absolute Gasteiger partial charge is 0.494 e. The van der Waals surface area contributed by atoms with Gasteiger partial charge in [0, 0.05) is 31.5 Å². The summed E-state index contributed by atoms with van der Waals surface area (Å²) in [5, 5.41) is 0. The number of benzene rings is 4. The topological polar surface area (TPSA) is 36.9 Å². The second-order valence-corrected chi connectivity index (χ2v) is 21.3. The fraction of sp³-hybridized carbons (Fsp3) is 0.612. The number of hydrogen-bond acceptors (Lipinski definition) is 4. The molecule has 2 aliphatic rings. The summed E-state index contributed by atoms with van der Waals surface area (Å²) in [5.74, 6) is 11.0. The van der Waals surface area contributed by atoms with Crippen LogP contribution in [0, 0.1) is 31.6 Å². The van der Waals surface area contributed by atoms with Crippen molar-refractivity contribution in [2.24, 2.45) is 5.92 Å². The molecule has 4 aromatic rings. The molecule has 0 unspecified atom stereocenters. The molecule has 0 N–H and O–H groups in total. The smallest absolute Gasteiger partial charge is 0.119 e. The number of unbranched alkanes of at least 4 members (excludes halogenated alkanes) is 13. The zero-order valence-corrected chi connectivity index (χ0v) is 45.9. The summed E-state index contributed by atoms with van der Waals surface area (Å²) >= 11 is 0. The lowest BCUT2D eigenvalue weighted by atomic mass is 9.77. The molecule has 0 radical (unpaired) electrons. The lowest BCUT2D eigenvalue weighted by Crippen LogP contribution is -2.21. The van der Waals surface area contributed by atoms with Gasteiger partial charge in [0.2, 0.25) is 0 Å². The van der Waals surface area contributed by atoms with E-state index in [9.17, 15) is 0 Å². The van der Waals surface area contributed by atoms with E-state index in [1.807, 2.05) is 12.1 Å². The summed E-state index contributed by atoms with van der Waals surface area (Å²) in [5.41, 5.74) is 10.7. The van der Waals surface area contributed by atoms with Crippen molar-refractivity contribution >= 4 is 0 Å². The Morgan fingerprint density at radius 3 is 1.52 bits per heavy atom. The van der Waals surface area contributed by atoms with E-state index in [0.717, 1.165) is 93.0 Å². The van der Waals surface area contributed by atoms with Crippen molar-refractivity contribution in [1.82, 2.24) is 0 Å². The molecule has 0 heterocycles. The molecule has 0 spiro atoms. The number of methoxy groups -OCH3 is 1. The number of ether oxygens (including phenoxy) is 4. The van der Waals surface area contributed by atoms with Crippen LogP contribution in [0.1, 0.15) is 244 Å². The van der Waals surface area contributed by atoms with Crippen LogP contribution in [0.25, 0.3) is 0 Å². The van der Waals surface area contributed by atoms with Gasteiger partial charge in [-0.15, -0.1) is 0 Å². The highest BCUT2D eigenvalue weighted by molar-refractivity contribution is 5.45. The van der Waals surface area contributed by atoms with E-state index in [4.69, 9.17) is 18.9 Å². The van der Waals surface area contributed by atoms with Crippen LogP contribution in [0.15, 0.2) is 84.9 Å². The van der Waals surface area contributed by atoms with Crippen molar-refractivity contribution in [3.63, 3.8) is 0 Å². The molecule has 0 aliphatic heterocycles. The van der Waals surface area contributed by atoms with Gasteiger partial charge in [-0.25, -0.2) is 0 Å². The van der Waals surface area contributed by atoms with E-state index in [1.54, 1.807) is 7.11 Å². The fourth-order valence-corrected chi connectivity index (χ4v) is 10.7. The number of aryl methyl sites for hydroxylation is 2. The maximum absolute atomic E-state index is 6.11. The van der Waals surface area contributed by atoms with Crippen LogP contribution < -0.4 is 9.47 Å². The molecule has 0 aromatic heterocycles. The molecule has 0 saturated heterocycles. The van der Waals surface area contributed by atoms with Crippen LogP contribution in [-0.4, -0.2) is 39.6 Å². The lowest BCUT2D eigenvalue weighted by Gasteiger charge is -2.29. The van der Waals surface area contributed by atoms with Crippen LogP contribution in [0.4, 0.5) is 0 Å². The number of hydrogen-bond donors (Lipinski definition) is 0. The average Bonchev–Trinajstić information content (AvgIpc) is 3.40. The summed E-state index contributed by atoms with van der Waals surface area (Å²) < 4.78 is 23.0. The predicted octanol–water partition coefficient (Wildman–Crippen LogP) is 18.8. The van der Waals surface area contributed by atoms with Crippen molar-refractivity contribution < 1.29 is 18.9 Å². The minimum atomic E-state index is 0.445. The molecule has 6 rings (SSSR count). The van der Waals surface area contributed by atoms with E-state index in [2.05, 4.69) is 119 Å². The van der Waals surface area contributed by atoms with Gasteiger partial charge in [0.15, 0.2) is 0 Å². The first-order chi connectivity index (χ1) is 34.9. The third kappa shape index (κ3) is 22.7. The maximum Gasteiger partial charge on any atom is 0.119 e. The van der Waals surface area contributed by atoms with Gasteiger partial charge in [0.25, 0.3) is 0 Å². The molecule has 2 saturated carbocycles. The third-order valence-electron chi connectivity index (χ3n) is 15.5. The van der Waals surface area contributed by atoms with E-state index in [0.29, 0.717) is 12.0 Å².